The average Bonchev–Trinajstić information content (AvgIpc) is 1.88. The molecular formula is C7H14N2O. The van der Waals surface area contributed by atoms with Gasteiger partial charge in [-0.3, -0.25) is 4.90 Å². The Morgan fingerprint density at radius 3 is 2.80 bits per heavy atom. The van der Waals surface area contributed by atoms with Crippen molar-refractivity contribution in [1.29, 1.82) is 0 Å². The van der Waals surface area contributed by atoms with Gasteiger partial charge in [-0.1, -0.05) is 0 Å². The van der Waals surface area contributed by atoms with Crippen LogP contribution >= 0.6 is 0 Å². The number of nitrogens with two attached hydrogens (primary N) is 1. The van der Waals surface area contributed by atoms with Crippen molar-refractivity contribution in [3.05, 3.63) is 0 Å². The minimum atomic E-state index is -0.0475. The van der Waals surface area contributed by atoms with Gasteiger partial charge in [0.15, 0.2) is 0 Å². The van der Waals surface area contributed by atoms with Crippen molar-refractivity contribution < 1.29 is 4.79 Å². The van der Waals surface area contributed by atoms with E-state index in [1.54, 1.807) is 0 Å². The van der Waals surface area contributed by atoms with Gasteiger partial charge >= 0.3 is 0 Å². The standard InChI is InChI=1S/C7H14N2O/c1-9-4-2-3-6(8)7(9)5-10/h5-7H,2-4,8H2,1H3/t6-,7?/m1/s1. The summed E-state index contributed by atoms with van der Waals surface area (Å²) in [7, 11) is 1.94. The summed E-state index contributed by atoms with van der Waals surface area (Å²) < 4.78 is 0. The summed E-state index contributed by atoms with van der Waals surface area (Å²) in [5.41, 5.74) is 5.71. The fourth-order valence-corrected chi connectivity index (χ4v) is 1.43. The van der Waals surface area contributed by atoms with Gasteiger partial charge in [0.25, 0.3) is 0 Å². The van der Waals surface area contributed by atoms with Crippen LogP contribution in [0.3, 0.4) is 0 Å². The van der Waals surface area contributed by atoms with Crippen LogP contribution in [0.2, 0.25) is 0 Å². The highest BCUT2D eigenvalue weighted by atomic mass is 16.1. The Labute approximate surface area is 61.2 Å². The number of carbonyl (C=O) groups is 1. The van der Waals surface area contributed by atoms with E-state index in [1.807, 2.05) is 11.9 Å². The molecule has 1 heterocycles. The van der Waals surface area contributed by atoms with Gasteiger partial charge in [0.1, 0.15) is 6.29 Å². The monoisotopic (exact) mass is 142 g/mol. The van der Waals surface area contributed by atoms with Gasteiger partial charge in [-0.15, -0.1) is 0 Å². The van der Waals surface area contributed by atoms with Crippen LogP contribution in [0.4, 0.5) is 0 Å². The molecule has 1 rings (SSSR count). The van der Waals surface area contributed by atoms with Gasteiger partial charge in [0.2, 0.25) is 0 Å². The molecule has 0 bridgehead atoms. The van der Waals surface area contributed by atoms with E-state index in [0.717, 1.165) is 25.7 Å². The van der Waals surface area contributed by atoms with Gasteiger partial charge in [0, 0.05) is 6.04 Å². The van der Waals surface area contributed by atoms with Crippen molar-refractivity contribution in [2.24, 2.45) is 5.73 Å². The molecule has 3 nitrogen and oxygen atoms in total. The summed E-state index contributed by atoms with van der Waals surface area (Å²) in [5, 5.41) is 0. The summed E-state index contributed by atoms with van der Waals surface area (Å²) in [5.74, 6) is 0. The number of nitrogens with zero attached hydrogens (tertiary/aromatic N) is 1. The largest absolute Gasteiger partial charge is 0.326 e. The van der Waals surface area contributed by atoms with Gasteiger partial charge in [-0.2, -0.15) is 0 Å². The van der Waals surface area contributed by atoms with Crippen molar-refractivity contribution in [2.45, 2.75) is 24.9 Å². The Kier molecular flexibility index (Phi) is 2.40. The van der Waals surface area contributed by atoms with Crippen LogP contribution in [-0.4, -0.2) is 36.9 Å². The molecule has 1 aliphatic heterocycles. The molecule has 0 aromatic heterocycles. The number of rotatable bonds is 1. The van der Waals surface area contributed by atoms with Crippen LogP contribution in [0.5, 0.6) is 0 Å². The SMILES string of the molecule is CN1CCC[C@@H](N)C1C=O. The smallest absolute Gasteiger partial charge is 0.138 e. The van der Waals surface area contributed by atoms with E-state index in [-0.39, 0.29) is 12.1 Å². The lowest BCUT2D eigenvalue weighted by Gasteiger charge is -2.33. The molecule has 0 amide bonds. The number of carbonyl (C=O) groups excluding carboxylic acids is 1. The van der Waals surface area contributed by atoms with E-state index in [2.05, 4.69) is 0 Å². The van der Waals surface area contributed by atoms with Crippen molar-refractivity contribution in [1.82, 2.24) is 4.90 Å². The van der Waals surface area contributed by atoms with E-state index in [9.17, 15) is 4.79 Å². The van der Waals surface area contributed by atoms with Gasteiger partial charge in [0.05, 0.1) is 6.04 Å². The molecule has 0 spiro atoms. The Hall–Kier alpha value is -0.410. The molecule has 0 saturated carbocycles. The second kappa shape index (κ2) is 3.12. The molecule has 1 aliphatic rings. The molecule has 3 heteroatoms. The Morgan fingerprint density at radius 1 is 1.70 bits per heavy atom. The van der Waals surface area contributed by atoms with Crippen molar-refractivity contribution in [3.8, 4) is 0 Å². The normalized spacial score (nSPS) is 35.8. The number of likely N-dealkylation sites (N-methyl/N-ethyl adjacent to an activating group) is 1. The maximum absolute atomic E-state index is 10.5. The van der Waals surface area contributed by atoms with Crippen LogP contribution < -0.4 is 5.73 Å². The Bertz CT molecular complexity index is 117. The quantitative estimate of drug-likeness (QED) is 0.507. The third-order valence-electron chi connectivity index (χ3n) is 2.14. The van der Waals surface area contributed by atoms with Crippen LogP contribution in [0.15, 0.2) is 0 Å². The lowest BCUT2D eigenvalue weighted by molar-refractivity contribution is -0.113. The number of hydrogen-bond acceptors (Lipinski definition) is 3. The van der Waals surface area contributed by atoms with Crippen LogP contribution in [-0.2, 0) is 4.79 Å². The lowest BCUT2D eigenvalue weighted by atomic mass is 9.99. The minimum absolute atomic E-state index is 0.0475. The van der Waals surface area contributed by atoms with Gasteiger partial charge in [-0.05, 0) is 26.4 Å². The first-order valence-electron chi connectivity index (χ1n) is 3.67. The molecule has 0 radical (unpaired) electrons. The molecule has 1 saturated heterocycles. The van der Waals surface area contributed by atoms with Crippen LogP contribution in [0, 0.1) is 0 Å². The summed E-state index contributed by atoms with van der Waals surface area (Å²) >= 11 is 0. The highest BCUT2D eigenvalue weighted by Crippen LogP contribution is 2.11. The highest BCUT2D eigenvalue weighted by Gasteiger charge is 2.25. The topological polar surface area (TPSA) is 46.3 Å². The Morgan fingerprint density at radius 2 is 2.40 bits per heavy atom. The molecule has 1 unspecified atom stereocenters. The zero-order valence-corrected chi connectivity index (χ0v) is 6.29. The first kappa shape index (κ1) is 7.69. The number of hydrogen-bond donors (Lipinski definition) is 1. The first-order valence-corrected chi connectivity index (χ1v) is 3.67. The molecule has 0 aromatic carbocycles. The van der Waals surface area contributed by atoms with Crippen molar-refractivity contribution >= 4 is 6.29 Å². The molecule has 2 N–H and O–H groups in total. The fraction of sp³-hybridized carbons (Fsp3) is 0.857. The number of aldehydes is 1. The van der Waals surface area contributed by atoms with E-state index >= 15 is 0 Å². The zero-order chi connectivity index (χ0) is 7.56. The number of piperidine rings is 1. The second-order valence-electron chi connectivity index (χ2n) is 2.91. The second-order valence-corrected chi connectivity index (χ2v) is 2.91. The third kappa shape index (κ3) is 1.36. The Balaban J connectivity index is 2.53. The predicted molar refractivity (Wildman–Crippen MR) is 39.7 cm³/mol. The maximum atomic E-state index is 10.5. The maximum Gasteiger partial charge on any atom is 0.138 e. The summed E-state index contributed by atoms with van der Waals surface area (Å²) in [4.78, 5) is 12.5. The van der Waals surface area contributed by atoms with Gasteiger partial charge < -0.3 is 10.5 Å². The summed E-state index contributed by atoms with van der Waals surface area (Å²) in [6.07, 6.45) is 3.04. The molecule has 0 aliphatic carbocycles. The van der Waals surface area contributed by atoms with E-state index in [0.29, 0.717) is 0 Å². The molecule has 1 fully saturated rings. The van der Waals surface area contributed by atoms with E-state index < -0.39 is 0 Å². The molecule has 10 heavy (non-hydrogen) atoms. The fourth-order valence-electron chi connectivity index (χ4n) is 1.43. The van der Waals surface area contributed by atoms with Crippen LogP contribution in [0.25, 0.3) is 0 Å². The predicted octanol–water partition coefficient (Wildman–Crippen LogP) is -0.393. The molecule has 2 atom stereocenters. The summed E-state index contributed by atoms with van der Waals surface area (Å²) in [6, 6.07) is 0.00463. The van der Waals surface area contributed by atoms with Crippen molar-refractivity contribution in [3.63, 3.8) is 0 Å². The van der Waals surface area contributed by atoms with E-state index in [4.69, 9.17) is 5.73 Å². The van der Waals surface area contributed by atoms with Gasteiger partial charge in [-0.25, -0.2) is 0 Å². The summed E-state index contributed by atoms with van der Waals surface area (Å²) in [6.45, 7) is 0.997. The molecule has 0 aromatic rings. The molecule has 58 valence electrons. The van der Waals surface area contributed by atoms with Crippen LogP contribution in [0.1, 0.15) is 12.8 Å². The average molecular weight is 142 g/mol. The third-order valence-corrected chi connectivity index (χ3v) is 2.14. The first-order chi connectivity index (χ1) is 4.75. The van der Waals surface area contributed by atoms with E-state index in [1.165, 1.54) is 0 Å². The molecular weight excluding hydrogens is 128 g/mol. The minimum Gasteiger partial charge on any atom is -0.326 e. The lowest BCUT2D eigenvalue weighted by Crippen LogP contribution is -2.51. The zero-order valence-electron chi connectivity index (χ0n) is 6.29. The van der Waals surface area contributed by atoms with Crippen molar-refractivity contribution in [2.75, 3.05) is 13.6 Å². The highest BCUT2D eigenvalue weighted by molar-refractivity contribution is 5.59. The number of likely N-dealkylation sites (tertiary alicyclic amines) is 1.